The first-order valence-electron chi connectivity index (χ1n) is 5.36. The van der Waals surface area contributed by atoms with Crippen LogP contribution in [0.2, 0.25) is 0 Å². The van der Waals surface area contributed by atoms with Crippen LogP contribution in [-0.2, 0) is 11.3 Å². The van der Waals surface area contributed by atoms with Gasteiger partial charge in [-0.3, -0.25) is 4.98 Å². The predicted octanol–water partition coefficient (Wildman–Crippen LogP) is 0.623. The molecule has 0 aromatic carbocycles. The number of hydrogen-bond donors (Lipinski definition) is 1. The van der Waals surface area contributed by atoms with Gasteiger partial charge in [-0.25, -0.2) is 4.79 Å². The van der Waals surface area contributed by atoms with Gasteiger partial charge in [0.25, 0.3) is 0 Å². The summed E-state index contributed by atoms with van der Waals surface area (Å²) in [6.45, 7) is 3.10. The summed E-state index contributed by atoms with van der Waals surface area (Å²) in [5.41, 5.74) is 1.00. The third-order valence-corrected chi connectivity index (χ3v) is 2.46. The highest BCUT2D eigenvalue weighted by Gasteiger charge is 2.15. The standard InChI is InChI=1S/C11H15N3O2/c15-11(14-4-6-16-7-5-14)13-9-10-2-1-3-12-8-10/h1-3,8H,4-7,9H2,(H,13,15). The Morgan fingerprint density at radius 3 is 3.00 bits per heavy atom. The van der Waals surface area contributed by atoms with Gasteiger partial charge in [-0.15, -0.1) is 0 Å². The number of rotatable bonds is 2. The van der Waals surface area contributed by atoms with Gasteiger partial charge in [0.2, 0.25) is 0 Å². The molecule has 1 aromatic heterocycles. The molecular formula is C11H15N3O2. The molecule has 2 rings (SSSR count). The van der Waals surface area contributed by atoms with Crippen LogP contribution in [0.3, 0.4) is 0 Å². The minimum Gasteiger partial charge on any atom is -0.378 e. The van der Waals surface area contributed by atoms with E-state index in [2.05, 4.69) is 10.3 Å². The van der Waals surface area contributed by atoms with E-state index in [1.54, 1.807) is 17.3 Å². The highest BCUT2D eigenvalue weighted by molar-refractivity contribution is 5.74. The number of amides is 2. The minimum atomic E-state index is -0.0350. The Balaban J connectivity index is 1.79. The highest BCUT2D eigenvalue weighted by atomic mass is 16.5. The normalized spacial score (nSPS) is 15.9. The van der Waals surface area contributed by atoms with E-state index >= 15 is 0 Å². The largest absolute Gasteiger partial charge is 0.378 e. The molecule has 16 heavy (non-hydrogen) atoms. The van der Waals surface area contributed by atoms with Crippen molar-refractivity contribution in [2.45, 2.75) is 6.54 Å². The van der Waals surface area contributed by atoms with Crippen LogP contribution < -0.4 is 5.32 Å². The fourth-order valence-electron chi connectivity index (χ4n) is 1.56. The molecule has 1 fully saturated rings. The van der Waals surface area contributed by atoms with E-state index in [-0.39, 0.29) is 6.03 Å². The summed E-state index contributed by atoms with van der Waals surface area (Å²) in [5, 5.41) is 2.86. The quantitative estimate of drug-likeness (QED) is 0.796. The van der Waals surface area contributed by atoms with Crippen molar-refractivity contribution in [1.82, 2.24) is 15.2 Å². The van der Waals surface area contributed by atoms with Crippen molar-refractivity contribution in [3.8, 4) is 0 Å². The van der Waals surface area contributed by atoms with Crippen LogP contribution in [0.5, 0.6) is 0 Å². The van der Waals surface area contributed by atoms with E-state index in [1.165, 1.54) is 0 Å². The monoisotopic (exact) mass is 221 g/mol. The summed E-state index contributed by atoms with van der Waals surface area (Å²) in [4.78, 5) is 17.5. The number of aromatic nitrogens is 1. The Morgan fingerprint density at radius 1 is 1.50 bits per heavy atom. The predicted molar refractivity (Wildman–Crippen MR) is 58.9 cm³/mol. The van der Waals surface area contributed by atoms with Gasteiger partial charge >= 0.3 is 6.03 Å². The zero-order chi connectivity index (χ0) is 11.2. The fourth-order valence-corrected chi connectivity index (χ4v) is 1.56. The van der Waals surface area contributed by atoms with Gasteiger partial charge in [0.15, 0.2) is 0 Å². The Kier molecular flexibility index (Phi) is 3.71. The number of urea groups is 1. The second-order valence-corrected chi connectivity index (χ2v) is 3.62. The molecule has 0 spiro atoms. The minimum absolute atomic E-state index is 0.0350. The first kappa shape index (κ1) is 10.9. The van der Waals surface area contributed by atoms with Crippen molar-refractivity contribution in [2.24, 2.45) is 0 Å². The summed E-state index contributed by atoms with van der Waals surface area (Å²) in [6.07, 6.45) is 3.47. The van der Waals surface area contributed by atoms with Gasteiger partial charge in [-0.2, -0.15) is 0 Å². The van der Waals surface area contributed by atoms with Crippen LogP contribution in [0.25, 0.3) is 0 Å². The summed E-state index contributed by atoms with van der Waals surface area (Å²) in [7, 11) is 0. The molecule has 0 saturated carbocycles. The number of carbonyl (C=O) groups is 1. The summed E-state index contributed by atoms with van der Waals surface area (Å²) < 4.78 is 5.18. The smallest absolute Gasteiger partial charge is 0.317 e. The van der Waals surface area contributed by atoms with Crippen molar-refractivity contribution in [3.63, 3.8) is 0 Å². The van der Waals surface area contributed by atoms with E-state index in [0.717, 1.165) is 5.56 Å². The third kappa shape index (κ3) is 2.93. The molecule has 5 heteroatoms. The average molecular weight is 221 g/mol. The highest BCUT2D eigenvalue weighted by Crippen LogP contribution is 1.99. The van der Waals surface area contributed by atoms with Gasteiger partial charge in [-0.1, -0.05) is 6.07 Å². The van der Waals surface area contributed by atoms with Crippen molar-refractivity contribution < 1.29 is 9.53 Å². The van der Waals surface area contributed by atoms with Gasteiger partial charge in [0, 0.05) is 32.0 Å². The van der Waals surface area contributed by atoms with Crippen LogP contribution in [-0.4, -0.2) is 42.2 Å². The lowest BCUT2D eigenvalue weighted by atomic mass is 10.3. The summed E-state index contributed by atoms with van der Waals surface area (Å²) >= 11 is 0. The zero-order valence-electron chi connectivity index (χ0n) is 9.06. The molecule has 1 aromatic rings. The summed E-state index contributed by atoms with van der Waals surface area (Å²) in [5.74, 6) is 0. The number of pyridine rings is 1. The molecule has 86 valence electrons. The molecule has 5 nitrogen and oxygen atoms in total. The Labute approximate surface area is 94.4 Å². The van der Waals surface area contributed by atoms with Gasteiger partial charge in [-0.05, 0) is 11.6 Å². The van der Waals surface area contributed by atoms with Crippen LogP contribution in [0.15, 0.2) is 24.5 Å². The lowest BCUT2D eigenvalue weighted by Crippen LogP contribution is -2.45. The molecule has 0 radical (unpaired) electrons. The second kappa shape index (κ2) is 5.46. The van der Waals surface area contributed by atoms with Crippen LogP contribution in [0.4, 0.5) is 4.79 Å². The molecule has 1 aliphatic rings. The molecule has 1 N–H and O–H groups in total. The molecule has 0 atom stereocenters. The van der Waals surface area contributed by atoms with Crippen molar-refractivity contribution in [3.05, 3.63) is 30.1 Å². The third-order valence-electron chi connectivity index (χ3n) is 2.46. The van der Waals surface area contributed by atoms with Crippen molar-refractivity contribution in [1.29, 1.82) is 0 Å². The van der Waals surface area contributed by atoms with E-state index < -0.39 is 0 Å². The van der Waals surface area contributed by atoms with Crippen LogP contribution in [0, 0.1) is 0 Å². The topological polar surface area (TPSA) is 54.5 Å². The maximum Gasteiger partial charge on any atom is 0.317 e. The molecule has 2 amide bonds. The first-order valence-corrected chi connectivity index (χ1v) is 5.36. The van der Waals surface area contributed by atoms with Crippen LogP contribution in [0.1, 0.15) is 5.56 Å². The Bertz CT molecular complexity index is 336. The average Bonchev–Trinajstić information content (AvgIpc) is 2.38. The number of hydrogen-bond acceptors (Lipinski definition) is 3. The van der Waals surface area contributed by atoms with Gasteiger partial charge in [0.05, 0.1) is 13.2 Å². The van der Waals surface area contributed by atoms with Crippen molar-refractivity contribution >= 4 is 6.03 Å². The zero-order valence-corrected chi connectivity index (χ0v) is 9.06. The number of nitrogens with one attached hydrogen (secondary N) is 1. The lowest BCUT2D eigenvalue weighted by molar-refractivity contribution is 0.0531. The summed E-state index contributed by atoms with van der Waals surface area (Å²) in [6, 6.07) is 3.76. The lowest BCUT2D eigenvalue weighted by Gasteiger charge is -2.26. The molecule has 0 unspecified atom stereocenters. The number of carbonyl (C=O) groups excluding carboxylic acids is 1. The van der Waals surface area contributed by atoms with E-state index in [9.17, 15) is 4.79 Å². The van der Waals surface area contributed by atoms with E-state index in [0.29, 0.717) is 32.8 Å². The number of morpholine rings is 1. The van der Waals surface area contributed by atoms with Gasteiger partial charge < -0.3 is 15.0 Å². The first-order chi connectivity index (χ1) is 7.86. The fraction of sp³-hybridized carbons (Fsp3) is 0.455. The van der Waals surface area contributed by atoms with Crippen molar-refractivity contribution in [2.75, 3.05) is 26.3 Å². The van der Waals surface area contributed by atoms with Gasteiger partial charge in [0.1, 0.15) is 0 Å². The molecular weight excluding hydrogens is 206 g/mol. The SMILES string of the molecule is O=C(NCc1cccnc1)N1CCOCC1. The maximum absolute atomic E-state index is 11.7. The molecule has 1 aliphatic heterocycles. The Hall–Kier alpha value is -1.62. The molecule has 1 saturated heterocycles. The molecule has 0 aliphatic carbocycles. The second-order valence-electron chi connectivity index (χ2n) is 3.62. The Morgan fingerprint density at radius 2 is 2.31 bits per heavy atom. The molecule has 2 heterocycles. The van der Waals surface area contributed by atoms with E-state index in [4.69, 9.17) is 4.74 Å². The van der Waals surface area contributed by atoms with E-state index in [1.807, 2.05) is 12.1 Å². The van der Waals surface area contributed by atoms with Crippen LogP contribution >= 0.6 is 0 Å². The number of ether oxygens (including phenoxy) is 1. The molecule has 0 bridgehead atoms. The number of nitrogens with zero attached hydrogens (tertiary/aromatic N) is 2. The maximum atomic E-state index is 11.7.